The molecular weight excluding hydrogens is 202 g/mol. The van der Waals surface area contributed by atoms with Gasteiger partial charge in [-0.1, -0.05) is 31.9 Å². The van der Waals surface area contributed by atoms with Gasteiger partial charge in [0.1, 0.15) is 0 Å². The molecule has 3 heteroatoms. The number of rotatable bonds is 5. The zero-order chi connectivity index (χ0) is 12.0. The number of nitrogens with two attached hydrogens (primary N) is 1. The Labute approximate surface area is 96.6 Å². The summed E-state index contributed by atoms with van der Waals surface area (Å²) in [6.07, 6.45) is 3.49. The van der Waals surface area contributed by atoms with Gasteiger partial charge in [-0.2, -0.15) is 0 Å². The van der Waals surface area contributed by atoms with Crippen LogP contribution in [0.4, 0.5) is 5.69 Å². The van der Waals surface area contributed by atoms with Gasteiger partial charge in [0.05, 0.1) is 5.69 Å². The number of anilines is 1. The van der Waals surface area contributed by atoms with Crippen LogP contribution in [0.1, 0.15) is 38.2 Å². The Morgan fingerprint density at radius 3 is 2.75 bits per heavy atom. The summed E-state index contributed by atoms with van der Waals surface area (Å²) in [6.45, 7) is 3.98. The highest BCUT2D eigenvalue weighted by Gasteiger charge is 2.09. The Morgan fingerprint density at radius 1 is 1.38 bits per heavy atom. The smallest absolute Gasteiger partial charge is 0.311 e. The third kappa shape index (κ3) is 3.57. The summed E-state index contributed by atoms with van der Waals surface area (Å²) in [5.41, 5.74) is 7.16. The predicted octanol–water partition coefficient (Wildman–Crippen LogP) is 3.06. The van der Waals surface area contributed by atoms with Crippen molar-refractivity contribution in [2.24, 2.45) is 0 Å². The van der Waals surface area contributed by atoms with Crippen LogP contribution in [0.15, 0.2) is 18.2 Å². The Hall–Kier alpha value is -1.51. The molecule has 16 heavy (non-hydrogen) atoms. The van der Waals surface area contributed by atoms with Crippen LogP contribution >= 0.6 is 0 Å². The number of benzene rings is 1. The van der Waals surface area contributed by atoms with Gasteiger partial charge in [-0.3, -0.25) is 4.79 Å². The number of nitrogen functional groups attached to an aromatic ring is 1. The maximum absolute atomic E-state index is 11.5. The van der Waals surface area contributed by atoms with Crippen molar-refractivity contribution in [3.05, 3.63) is 23.8 Å². The molecule has 0 saturated carbocycles. The van der Waals surface area contributed by atoms with Crippen molar-refractivity contribution in [1.29, 1.82) is 0 Å². The largest absolute Gasteiger partial charge is 0.424 e. The van der Waals surface area contributed by atoms with Crippen molar-refractivity contribution in [2.75, 3.05) is 5.73 Å². The standard InChI is InChI=1S/C13H19NO2/c1-3-4-5-9-12(15)16-13-10(2)7-6-8-11(13)14/h6-8H,3-5,9,14H2,1-2H3. The number of hydrogen-bond donors (Lipinski definition) is 1. The second kappa shape index (κ2) is 6.16. The number of unbranched alkanes of at least 4 members (excludes halogenated alkanes) is 2. The molecule has 1 rings (SSSR count). The van der Waals surface area contributed by atoms with E-state index >= 15 is 0 Å². The SMILES string of the molecule is CCCCCC(=O)Oc1c(C)cccc1N. The summed E-state index contributed by atoms with van der Waals surface area (Å²) in [7, 11) is 0. The molecule has 0 amide bonds. The van der Waals surface area contributed by atoms with Crippen molar-refractivity contribution in [3.63, 3.8) is 0 Å². The normalized spacial score (nSPS) is 10.1. The Bertz CT molecular complexity index is 341. The fourth-order valence-corrected chi connectivity index (χ4v) is 1.50. The van der Waals surface area contributed by atoms with Gasteiger partial charge < -0.3 is 10.5 Å². The molecule has 0 heterocycles. The lowest BCUT2D eigenvalue weighted by Gasteiger charge is -2.09. The van der Waals surface area contributed by atoms with Crippen molar-refractivity contribution in [3.8, 4) is 5.75 Å². The van der Waals surface area contributed by atoms with Gasteiger partial charge in [-0.05, 0) is 25.0 Å². The summed E-state index contributed by atoms with van der Waals surface area (Å²) < 4.78 is 5.26. The highest BCUT2D eigenvalue weighted by molar-refractivity contribution is 5.75. The van der Waals surface area contributed by atoms with Crippen LogP contribution in [0.5, 0.6) is 5.75 Å². The maximum Gasteiger partial charge on any atom is 0.311 e. The topological polar surface area (TPSA) is 52.3 Å². The van der Waals surface area contributed by atoms with E-state index in [0.29, 0.717) is 17.9 Å². The number of ether oxygens (including phenoxy) is 1. The van der Waals surface area contributed by atoms with Crippen molar-refractivity contribution in [1.82, 2.24) is 0 Å². The van der Waals surface area contributed by atoms with Gasteiger partial charge in [-0.15, -0.1) is 0 Å². The first-order valence-electron chi connectivity index (χ1n) is 5.71. The molecule has 0 saturated heterocycles. The molecular formula is C13H19NO2. The molecule has 1 aromatic carbocycles. The first-order chi connectivity index (χ1) is 7.65. The Balaban J connectivity index is 2.56. The molecule has 0 atom stereocenters. The van der Waals surface area contributed by atoms with Crippen LogP contribution < -0.4 is 10.5 Å². The summed E-state index contributed by atoms with van der Waals surface area (Å²) in [4.78, 5) is 11.5. The van der Waals surface area contributed by atoms with Crippen LogP contribution in [-0.4, -0.2) is 5.97 Å². The summed E-state index contributed by atoms with van der Waals surface area (Å²) >= 11 is 0. The number of hydrogen-bond acceptors (Lipinski definition) is 3. The lowest BCUT2D eigenvalue weighted by molar-refractivity contribution is -0.134. The molecule has 0 unspecified atom stereocenters. The summed E-state index contributed by atoms with van der Waals surface area (Å²) in [5, 5.41) is 0. The van der Waals surface area contributed by atoms with Gasteiger partial charge in [0.15, 0.2) is 5.75 Å². The fourth-order valence-electron chi connectivity index (χ4n) is 1.50. The number of esters is 1. The van der Waals surface area contributed by atoms with E-state index in [1.807, 2.05) is 19.1 Å². The minimum Gasteiger partial charge on any atom is -0.424 e. The lowest BCUT2D eigenvalue weighted by atomic mass is 10.2. The molecule has 0 fully saturated rings. The zero-order valence-corrected chi connectivity index (χ0v) is 9.95. The minimum absolute atomic E-state index is 0.200. The van der Waals surface area contributed by atoms with Crippen LogP contribution in [0, 0.1) is 6.92 Å². The van der Waals surface area contributed by atoms with Crippen LogP contribution in [0.2, 0.25) is 0 Å². The number of para-hydroxylation sites is 1. The van der Waals surface area contributed by atoms with Gasteiger partial charge in [0, 0.05) is 6.42 Å². The minimum atomic E-state index is -0.200. The Kier molecular flexibility index (Phi) is 4.83. The zero-order valence-electron chi connectivity index (χ0n) is 9.95. The molecule has 2 N–H and O–H groups in total. The van der Waals surface area contributed by atoms with E-state index in [0.717, 1.165) is 24.8 Å². The third-order valence-corrected chi connectivity index (χ3v) is 2.44. The van der Waals surface area contributed by atoms with E-state index in [9.17, 15) is 4.79 Å². The summed E-state index contributed by atoms with van der Waals surface area (Å²) in [5.74, 6) is 0.304. The molecule has 0 aliphatic heterocycles. The first-order valence-corrected chi connectivity index (χ1v) is 5.71. The maximum atomic E-state index is 11.5. The van der Waals surface area contributed by atoms with E-state index in [1.165, 1.54) is 0 Å². The van der Waals surface area contributed by atoms with E-state index < -0.39 is 0 Å². The molecule has 1 aromatic rings. The van der Waals surface area contributed by atoms with Crippen LogP contribution in [0.3, 0.4) is 0 Å². The van der Waals surface area contributed by atoms with Gasteiger partial charge in [-0.25, -0.2) is 0 Å². The van der Waals surface area contributed by atoms with E-state index in [-0.39, 0.29) is 5.97 Å². The van der Waals surface area contributed by atoms with Crippen LogP contribution in [0.25, 0.3) is 0 Å². The third-order valence-electron chi connectivity index (χ3n) is 2.44. The molecule has 0 aliphatic rings. The molecule has 0 aliphatic carbocycles. The molecule has 0 radical (unpaired) electrons. The van der Waals surface area contributed by atoms with E-state index in [2.05, 4.69) is 6.92 Å². The average molecular weight is 221 g/mol. The number of carbonyl (C=O) groups excluding carboxylic acids is 1. The van der Waals surface area contributed by atoms with Gasteiger partial charge in [0.2, 0.25) is 0 Å². The van der Waals surface area contributed by atoms with E-state index in [1.54, 1.807) is 6.07 Å². The molecule has 0 spiro atoms. The van der Waals surface area contributed by atoms with Gasteiger partial charge in [0.25, 0.3) is 0 Å². The van der Waals surface area contributed by atoms with Crippen molar-refractivity contribution in [2.45, 2.75) is 39.5 Å². The summed E-state index contributed by atoms with van der Waals surface area (Å²) in [6, 6.07) is 5.46. The number of aryl methyl sites for hydroxylation is 1. The fraction of sp³-hybridized carbons (Fsp3) is 0.462. The average Bonchev–Trinajstić information content (AvgIpc) is 2.24. The second-order valence-electron chi connectivity index (χ2n) is 3.92. The van der Waals surface area contributed by atoms with Crippen molar-refractivity contribution >= 4 is 11.7 Å². The lowest BCUT2D eigenvalue weighted by Crippen LogP contribution is -2.09. The van der Waals surface area contributed by atoms with Crippen molar-refractivity contribution < 1.29 is 9.53 Å². The van der Waals surface area contributed by atoms with Crippen LogP contribution in [-0.2, 0) is 4.79 Å². The van der Waals surface area contributed by atoms with Gasteiger partial charge >= 0.3 is 5.97 Å². The van der Waals surface area contributed by atoms with E-state index in [4.69, 9.17) is 10.5 Å². The monoisotopic (exact) mass is 221 g/mol. The first kappa shape index (κ1) is 12.6. The Morgan fingerprint density at radius 2 is 2.12 bits per heavy atom. The second-order valence-corrected chi connectivity index (χ2v) is 3.92. The number of carbonyl (C=O) groups is 1. The highest BCUT2D eigenvalue weighted by atomic mass is 16.5. The molecule has 0 aromatic heterocycles. The molecule has 0 bridgehead atoms. The molecule has 88 valence electrons. The predicted molar refractivity (Wildman–Crippen MR) is 65.4 cm³/mol. The quantitative estimate of drug-likeness (QED) is 0.360. The molecule has 3 nitrogen and oxygen atoms in total. The highest BCUT2D eigenvalue weighted by Crippen LogP contribution is 2.25.